The van der Waals surface area contributed by atoms with Gasteiger partial charge in [0.2, 0.25) is 5.91 Å². The number of urea groups is 1. The van der Waals surface area contributed by atoms with Gasteiger partial charge in [-0.25, -0.2) is 4.79 Å². The van der Waals surface area contributed by atoms with Crippen LogP contribution in [-0.2, 0) is 9.59 Å². The van der Waals surface area contributed by atoms with Crippen LogP contribution in [0.1, 0.15) is 33.6 Å². The average Bonchev–Trinajstić information content (AvgIpc) is 3.02. The summed E-state index contributed by atoms with van der Waals surface area (Å²) in [6, 6.07) is 9.79. The highest BCUT2D eigenvalue weighted by molar-refractivity contribution is 5.96. The number of benzene rings is 1. The second kappa shape index (κ2) is 9.36. The number of amides is 4. The van der Waals surface area contributed by atoms with Crippen LogP contribution in [0.2, 0.25) is 0 Å². The molecular formula is C22H33N5O3. The Kier molecular flexibility index (Phi) is 6.84. The number of likely N-dealkylation sites (tertiary alicyclic amines) is 1. The lowest BCUT2D eigenvalue weighted by atomic mass is 9.85. The van der Waals surface area contributed by atoms with E-state index in [1.54, 1.807) is 14.7 Å². The molecule has 3 rings (SSSR count). The molecule has 2 aliphatic rings. The minimum Gasteiger partial charge on any atom is -0.342 e. The van der Waals surface area contributed by atoms with E-state index in [4.69, 9.17) is 0 Å². The van der Waals surface area contributed by atoms with Gasteiger partial charge in [-0.15, -0.1) is 0 Å². The molecule has 4 amide bonds. The van der Waals surface area contributed by atoms with Crippen molar-refractivity contribution in [3.05, 3.63) is 30.3 Å². The molecule has 0 radical (unpaired) electrons. The van der Waals surface area contributed by atoms with Gasteiger partial charge in [-0.3, -0.25) is 9.59 Å². The topological polar surface area (TPSA) is 76.2 Å². The van der Waals surface area contributed by atoms with E-state index < -0.39 is 5.54 Å². The lowest BCUT2D eigenvalue weighted by Crippen LogP contribution is -2.58. The molecule has 8 nitrogen and oxygen atoms in total. The van der Waals surface area contributed by atoms with Crippen molar-refractivity contribution in [3.8, 4) is 0 Å². The van der Waals surface area contributed by atoms with Crippen LogP contribution >= 0.6 is 0 Å². The van der Waals surface area contributed by atoms with E-state index in [9.17, 15) is 14.4 Å². The number of hydrogen-bond acceptors (Lipinski definition) is 4. The van der Waals surface area contributed by atoms with E-state index >= 15 is 0 Å². The molecule has 1 N–H and O–H groups in total. The summed E-state index contributed by atoms with van der Waals surface area (Å²) in [6.07, 6.45) is 1.10. The molecule has 0 aromatic heterocycles. The van der Waals surface area contributed by atoms with Crippen molar-refractivity contribution in [1.29, 1.82) is 0 Å². The van der Waals surface area contributed by atoms with Crippen LogP contribution in [-0.4, -0.2) is 84.0 Å². The van der Waals surface area contributed by atoms with Crippen molar-refractivity contribution >= 4 is 23.5 Å². The highest BCUT2D eigenvalue weighted by atomic mass is 16.2. The van der Waals surface area contributed by atoms with Crippen LogP contribution in [0.3, 0.4) is 0 Å². The summed E-state index contributed by atoms with van der Waals surface area (Å²) in [6.45, 7) is 9.13. The number of piperidine rings is 1. The summed E-state index contributed by atoms with van der Waals surface area (Å²) in [4.78, 5) is 45.9. The number of anilines is 1. The van der Waals surface area contributed by atoms with Gasteiger partial charge >= 0.3 is 6.03 Å². The molecule has 164 valence electrons. The van der Waals surface area contributed by atoms with Crippen LogP contribution in [0.4, 0.5) is 10.5 Å². The molecule has 0 saturated carbocycles. The van der Waals surface area contributed by atoms with Crippen molar-refractivity contribution < 1.29 is 14.4 Å². The third kappa shape index (κ3) is 4.08. The van der Waals surface area contributed by atoms with Crippen molar-refractivity contribution in [2.24, 2.45) is 0 Å². The molecule has 1 spiro atoms. The average molecular weight is 416 g/mol. The molecule has 0 bridgehead atoms. The highest BCUT2D eigenvalue weighted by Crippen LogP contribution is 2.39. The largest absolute Gasteiger partial charge is 0.342 e. The number of hydrogen-bond donors (Lipinski definition) is 1. The molecule has 30 heavy (non-hydrogen) atoms. The first kappa shape index (κ1) is 21.9. The van der Waals surface area contributed by atoms with Gasteiger partial charge in [0, 0.05) is 38.4 Å². The molecule has 1 aromatic rings. The molecule has 0 aliphatic carbocycles. The lowest BCUT2D eigenvalue weighted by molar-refractivity contribution is -0.140. The summed E-state index contributed by atoms with van der Waals surface area (Å²) in [5, 5.41) is 2.84. The Balaban J connectivity index is 1.83. The summed E-state index contributed by atoms with van der Waals surface area (Å²) in [5.74, 6) is -0.0411. The van der Waals surface area contributed by atoms with Crippen molar-refractivity contribution in [1.82, 2.24) is 20.0 Å². The van der Waals surface area contributed by atoms with Gasteiger partial charge in [-0.1, -0.05) is 18.2 Å². The van der Waals surface area contributed by atoms with E-state index in [-0.39, 0.29) is 24.4 Å². The van der Waals surface area contributed by atoms with Crippen LogP contribution in [0.25, 0.3) is 0 Å². The zero-order valence-electron chi connectivity index (χ0n) is 18.3. The Morgan fingerprint density at radius 3 is 2.27 bits per heavy atom. The minimum absolute atomic E-state index is 0.0117. The zero-order chi connectivity index (χ0) is 21.7. The van der Waals surface area contributed by atoms with Gasteiger partial charge < -0.3 is 24.9 Å². The summed E-state index contributed by atoms with van der Waals surface area (Å²) >= 11 is 0. The van der Waals surface area contributed by atoms with Crippen LogP contribution in [0.5, 0.6) is 0 Å². The Bertz CT molecular complexity index is 757. The first-order chi connectivity index (χ1) is 14.5. The fourth-order valence-electron chi connectivity index (χ4n) is 4.50. The van der Waals surface area contributed by atoms with Crippen molar-refractivity contribution in [3.63, 3.8) is 0 Å². The SMILES string of the molecule is CCNC(=O)N1CCC2(CC1)C(=O)N(CC(=O)N(CC)CC)CN2c1ccccc1. The molecule has 0 atom stereocenters. The third-order valence-electron chi connectivity index (χ3n) is 6.23. The van der Waals surface area contributed by atoms with Crippen molar-refractivity contribution in [2.75, 3.05) is 50.8 Å². The molecule has 8 heteroatoms. The molecule has 2 heterocycles. The van der Waals surface area contributed by atoms with Gasteiger partial charge in [-0.2, -0.15) is 0 Å². The maximum absolute atomic E-state index is 13.6. The monoisotopic (exact) mass is 415 g/mol. The van der Waals surface area contributed by atoms with Gasteiger partial charge in [0.1, 0.15) is 12.1 Å². The molecule has 1 aromatic carbocycles. The number of rotatable bonds is 6. The second-order valence-corrected chi connectivity index (χ2v) is 7.83. The number of nitrogens with one attached hydrogen (secondary N) is 1. The van der Waals surface area contributed by atoms with Gasteiger partial charge in [0.05, 0.1) is 6.67 Å². The molecule has 2 fully saturated rings. The fraction of sp³-hybridized carbons (Fsp3) is 0.591. The number of likely N-dealkylation sites (N-methyl/N-ethyl adjacent to an activating group) is 1. The number of para-hydroxylation sites is 1. The highest BCUT2D eigenvalue weighted by Gasteiger charge is 2.54. The predicted molar refractivity (Wildman–Crippen MR) is 116 cm³/mol. The maximum atomic E-state index is 13.6. The quantitative estimate of drug-likeness (QED) is 0.768. The van der Waals surface area contributed by atoms with Crippen LogP contribution in [0.15, 0.2) is 30.3 Å². The summed E-state index contributed by atoms with van der Waals surface area (Å²) in [5.41, 5.74) is 0.253. The standard InChI is InChI=1S/C22H33N5O3/c1-4-23-21(30)25-14-12-22(13-15-25)20(29)26(16-19(28)24(5-2)6-3)17-27(22)18-10-8-7-9-11-18/h7-11H,4-6,12-17H2,1-3H3,(H,23,30). The maximum Gasteiger partial charge on any atom is 0.317 e. The van der Waals surface area contributed by atoms with E-state index in [0.717, 1.165) is 5.69 Å². The normalized spacial score (nSPS) is 18.1. The minimum atomic E-state index is -0.714. The Labute approximate surface area is 178 Å². The zero-order valence-corrected chi connectivity index (χ0v) is 18.3. The summed E-state index contributed by atoms with van der Waals surface area (Å²) < 4.78 is 0. The number of nitrogens with zero attached hydrogens (tertiary/aromatic N) is 4. The van der Waals surface area contributed by atoms with Gasteiger partial charge in [0.15, 0.2) is 0 Å². The van der Waals surface area contributed by atoms with E-state index in [1.165, 1.54) is 0 Å². The predicted octanol–water partition coefficient (Wildman–Crippen LogP) is 1.73. The van der Waals surface area contributed by atoms with E-state index in [1.807, 2.05) is 51.1 Å². The fourth-order valence-corrected chi connectivity index (χ4v) is 4.50. The van der Waals surface area contributed by atoms with Crippen molar-refractivity contribution in [2.45, 2.75) is 39.2 Å². The third-order valence-corrected chi connectivity index (χ3v) is 6.23. The molecular weight excluding hydrogens is 382 g/mol. The van der Waals surface area contributed by atoms with Crippen LogP contribution in [0, 0.1) is 0 Å². The molecule has 2 saturated heterocycles. The van der Waals surface area contributed by atoms with Gasteiger partial charge in [-0.05, 0) is 45.7 Å². The Hall–Kier alpha value is -2.77. The first-order valence-corrected chi connectivity index (χ1v) is 10.9. The molecule has 2 aliphatic heterocycles. The number of carbonyl (C=O) groups excluding carboxylic acids is 3. The summed E-state index contributed by atoms with van der Waals surface area (Å²) in [7, 11) is 0. The number of carbonyl (C=O) groups is 3. The Morgan fingerprint density at radius 2 is 1.70 bits per heavy atom. The first-order valence-electron chi connectivity index (χ1n) is 10.9. The second-order valence-electron chi connectivity index (χ2n) is 7.83. The smallest absolute Gasteiger partial charge is 0.317 e. The molecule has 0 unspecified atom stereocenters. The van der Waals surface area contributed by atoms with Crippen LogP contribution < -0.4 is 10.2 Å². The van der Waals surface area contributed by atoms with E-state index in [2.05, 4.69) is 10.2 Å². The lowest BCUT2D eigenvalue weighted by Gasteiger charge is -2.43. The van der Waals surface area contributed by atoms with E-state index in [0.29, 0.717) is 52.2 Å². The Morgan fingerprint density at radius 1 is 1.07 bits per heavy atom. The van der Waals surface area contributed by atoms with Gasteiger partial charge in [0.25, 0.3) is 5.91 Å².